The maximum Gasteiger partial charge on any atom is 0.271 e. The molecule has 2 aromatic rings. The number of aromatic nitrogens is 3. The first-order valence-corrected chi connectivity index (χ1v) is 8.23. The molecule has 9 heteroatoms. The van der Waals surface area contributed by atoms with E-state index in [1.165, 1.54) is 0 Å². The summed E-state index contributed by atoms with van der Waals surface area (Å²) in [6, 6.07) is 3.68. The van der Waals surface area contributed by atoms with Gasteiger partial charge in [0.15, 0.2) is 11.5 Å². The number of hydrogen-bond acceptors (Lipinski definition) is 7. The van der Waals surface area contributed by atoms with Crippen LogP contribution in [0, 0.1) is 0 Å². The summed E-state index contributed by atoms with van der Waals surface area (Å²) in [6.45, 7) is 5.07. The standard InChI is InChI=1S/C15H18BrN5O3/c1-3-5-24-14-11(16)6-10(7-12(14)23-4-2)8-17-20-15-19-13(22)9-18-21-15/h6-9H,3-5H2,1-2H3,(H2,19,20,21,22)/b17-8+. The predicted octanol–water partition coefficient (Wildman–Crippen LogP) is 2.56. The topological polar surface area (TPSA) is 101 Å². The molecule has 0 unspecified atom stereocenters. The van der Waals surface area contributed by atoms with Crippen LogP contribution in [-0.2, 0) is 0 Å². The Morgan fingerprint density at radius 2 is 2.21 bits per heavy atom. The number of hydrogen-bond donors (Lipinski definition) is 2. The van der Waals surface area contributed by atoms with Crippen molar-refractivity contribution in [3.63, 3.8) is 0 Å². The van der Waals surface area contributed by atoms with Gasteiger partial charge in [0.2, 0.25) is 5.95 Å². The van der Waals surface area contributed by atoms with Crippen LogP contribution in [0.2, 0.25) is 0 Å². The molecule has 0 spiro atoms. The molecule has 0 saturated carbocycles. The minimum Gasteiger partial charge on any atom is -0.490 e. The van der Waals surface area contributed by atoms with Gasteiger partial charge in [-0.2, -0.15) is 5.10 Å². The van der Waals surface area contributed by atoms with Crippen molar-refractivity contribution in [2.45, 2.75) is 20.3 Å². The first-order chi connectivity index (χ1) is 11.6. The van der Waals surface area contributed by atoms with E-state index in [4.69, 9.17) is 9.47 Å². The van der Waals surface area contributed by atoms with E-state index in [1.54, 1.807) is 6.21 Å². The molecule has 0 aliphatic heterocycles. The maximum absolute atomic E-state index is 11.1. The van der Waals surface area contributed by atoms with Crippen LogP contribution in [0.4, 0.5) is 5.95 Å². The smallest absolute Gasteiger partial charge is 0.271 e. The highest BCUT2D eigenvalue weighted by atomic mass is 79.9. The largest absolute Gasteiger partial charge is 0.490 e. The van der Waals surface area contributed by atoms with Gasteiger partial charge >= 0.3 is 0 Å². The Morgan fingerprint density at radius 1 is 1.38 bits per heavy atom. The molecule has 8 nitrogen and oxygen atoms in total. The maximum atomic E-state index is 11.1. The van der Waals surface area contributed by atoms with Gasteiger partial charge in [-0.25, -0.2) is 5.43 Å². The van der Waals surface area contributed by atoms with E-state index in [-0.39, 0.29) is 11.5 Å². The van der Waals surface area contributed by atoms with Gasteiger partial charge < -0.3 is 9.47 Å². The lowest BCUT2D eigenvalue weighted by Crippen LogP contribution is -2.10. The van der Waals surface area contributed by atoms with Gasteiger partial charge in [0.05, 0.1) is 23.9 Å². The molecule has 1 aromatic carbocycles. The highest BCUT2D eigenvalue weighted by molar-refractivity contribution is 9.10. The molecule has 0 bridgehead atoms. The summed E-state index contributed by atoms with van der Waals surface area (Å²) in [4.78, 5) is 13.6. The van der Waals surface area contributed by atoms with E-state index in [1.807, 2.05) is 26.0 Å². The lowest BCUT2D eigenvalue weighted by Gasteiger charge is -2.14. The summed E-state index contributed by atoms with van der Waals surface area (Å²) in [7, 11) is 0. The third kappa shape index (κ3) is 5.05. The Kier molecular flexibility index (Phi) is 6.74. The van der Waals surface area contributed by atoms with Crippen LogP contribution in [0.25, 0.3) is 0 Å². The third-order valence-corrected chi connectivity index (χ3v) is 3.33. The first kappa shape index (κ1) is 17.9. The number of H-pyrrole nitrogens is 1. The molecule has 0 aliphatic rings. The van der Waals surface area contributed by atoms with Crippen molar-refractivity contribution in [1.29, 1.82) is 0 Å². The van der Waals surface area contributed by atoms with Crippen LogP contribution >= 0.6 is 15.9 Å². The summed E-state index contributed by atoms with van der Waals surface area (Å²) < 4.78 is 12.1. The third-order valence-electron chi connectivity index (χ3n) is 2.74. The van der Waals surface area contributed by atoms with E-state index in [0.717, 1.165) is 22.7 Å². The molecule has 0 atom stereocenters. The zero-order chi connectivity index (χ0) is 17.4. The van der Waals surface area contributed by atoms with Crippen LogP contribution in [-0.4, -0.2) is 34.6 Å². The van der Waals surface area contributed by atoms with E-state index >= 15 is 0 Å². The molecular formula is C15H18BrN5O3. The Labute approximate surface area is 147 Å². The highest BCUT2D eigenvalue weighted by Gasteiger charge is 2.11. The lowest BCUT2D eigenvalue weighted by atomic mass is 10.2. The molecule has 2 N–H and O–H groups in total. The molecule has 0 radical (unpaired) electrons. The molecule has 0 saturated heterocycles. The van der Waals surface area contributed by atoms with Crippen molar-refractivity contribution in [3.05, 3.63) is 38.7 Å². The number of anilines is 1. The Bertz CT molecular complexity index is 763. The summed E-state index contributed by atoms with van der Waals surface area (Å²) in [5, 5.41) is 11.2. The number of halogens is 1. The van der Waals surface area contributed by atoms with Gasteiger partial charge in [-0.3, -0.25) is 9.78 Å². The van der Waals surface area contributed by atoms with Gasteiger partial charge in [0.25, 0.3) is 5.56 Å². The van der Waals surface area contributed by atoms with Crippen molar-refractivity contribution in [2.75, 3.05) is 18.6 Å². The zero-order valence-corrected chi connectivity index (χ0v) is 15.0. The molecule has 0 aliphatic carbocycles. The van der Waals surface area contributed by atoms with Crippen LogP contribution < -0.4 is 20.5 Å². The monoisotopic (exact) mass is 395 g/mol. The SMILES string of the molecule is CCCOc1c(Br)cc(/C=N/Nc2nncc(=O)[nH]2)cc1OCC. The number of rotatable bonds is 8. The molecule has 0 fully saturated rings. The van der Waals surface area contributed by atoms with Crippen LogP contribution in [0.15, 0.2) is 32.7 Å². The van der Waals surface area contributed by atoms with E-state index in [0.29, 0.717) is 24.7 Å². The normalized spacial score (nSPS) is 10.8. The fourth-order valence-electron chi connectivity index (χ4n) is 1.80. The highest BCUT2D eigenvalue weighted by Crippen LogP contribution is 2.36. The second kappa shape index (κ2) is 9.02. The summed E-state index contributed by atoms with van der Waals surface area (Å²) in [6.07, 6.45) is 3.56. The van der Waals surface area contributed by atoms with Gasteiger partial charge in [-0.15, -0.1) is 10.2 Å². The van der Waals surface area contributed by atoms with Crippen molar-refractivity contribution in [3.8, 4) is 11.5 Å². The predicted molar refractivity (Wildman–Crippen MR) is 95.0 cm³/mol. The minimum absolute atomic E-state index is 0.158. The molecule has 1 heterocycles. The first-order valence-electron chi connectivity index (χ1n) is 7.44. The van der Waals surface area contributed by atoms with E-state index < -0.39 is 0 Å². The number of nitrogens with one attached hydrogen (secondary N) is 2. The van der Waals surface area contributed by atoms with Gasteiger partial charge in [0.1, 0.15) is 6.20 Å². The zero-order valence-electron chi connectivity index (χ0n) is 13.4. The van der Waals surface area contributed by atoms with Crippen molar-refractivity contribution in [2.24, 2.45) is 5.10 Å². The average Bonchev–Trinajstić information content (AvgIpc) is 2.54. The Morgan fingerprint density at radius 3 is 2.92 bits per heavy atom. The second-order valence-corrected chi connectivity index (χ2v) is 5.52. The number of ether oxygens (including phenoxy) is 2. The molecule has 0 amide bonds. The van der Waals surface area contributed by atoms with Gasteiger partial charge in [0, 0.05) is 0 Å². The van der Waals surface area contributed by atoms with Crippen molar-refractivity contribution in [1.82, 2.24) is 15.2 Å². The van der Waals surface area contributed by atoms with Crippen LogP contribution in [0.5, 0.6) is 11.5 Å². The molecule has 1 aromatic heterocycles. The molecule has 2 rings (SSSR count). The summed E-state index contributed by atoms with van der Waals surface area (Å²) >= 11 is 3.49. The number of aromatic amines is 1. The van der Waals surface area contributed by atoms with Gasteiger partial charge in [-0.1, -0.05) is 6.92 Å². The molecule has 128 valence electrons. The lowest BCUT2D eigenvalue weighted by molar-refractivity contribution is 0.275. The van der Waals surface area contributed by atoms with Crippen molar-refractivity contribution < 1.29 is 9.47 Å². The summed E-state index contributed by atoms with van der Waals surface area (Å²) in [5.41, 5.74) is 3.03. The average molecular weight is 396 g/mol. The van der Waals surface area contributed by atoms with E-state index in [2.05, 4.69) is 41.6 Å². The summed E-state index contributed by atoms with van der Waals surface area (Å²) in [5.74, 6) is 1.46. The molecule has 24 heavy (non-hydrogen) atoms. The van der Waals surface area contributed by atoms with Crippen LogP contribution in [0.1, 0.15) is 25.8 Å². The number of nitrogens with zero attached hydrogens (tertiary/aromatic N) is 3. The van der Waals surface area contributed by atoms with Crippen LogP contribution in [0.3, 0.4) is 0 Å². The van der Waals surface area contributed by atoms with Gasteiger partial charge in [-0.05, 0) is 47.0 Å². The van der Waals surface area contributed by atoms with Crippen molar-refractivity contribution >= 4 is 28.1 Å². The second-order valence-electron chi connectivity index (χ2n) is 4.66. The molecular weight excluding hydrogens is 378 g/mol. The number of hydrazone groups is 1. The minimum atomic E-state index is -0.360. The Balaban J connectivity index is 2.17. The van der Waals surface area contributed by atoms with E-state index in [9.17, 15) is 4.79 Å². The Hall–Kier alpha value is -2.42. The fourth-order valence-corrected chi connectivity index (χ4v) is 2.38. The number of benzene rings is 1. The quantitative estimate of drug-likeness (QED) is 0.525. The fraction of sp³-hybridized carbons (Fsp3) is 0.333.